The molecule has 0 aliphatic carbocycles. The molecular weight excluding hydrogens is 302 g/mol. The summed E-state index contributed by atoms with van der Waals surface area (Å²) in [6, 6.07) is 5.29. The van der Waals surface area contributed by atoms with Crippen LogP contribution in [0.25, 0.3) is 0 Å². The molecule has 1 unspecified atom stereocenters. The van der Waals surface area contributed by atoms with Gasteiger partial charge in [-0.05, 0) is 24.6 Å². The number of aromatic nitrogens is 1. The number of benzene rings is 1. The summed E-state index contributed by atoms with van der Waals surface area (Å²) >= 11 is 1.38. The lowest BCUT2D eigenvalue weighted by molar-refractivity contribution is 0.249. The second-order valence-electron chi connectivity index (χ2n) is 4.91. The highest BCUT2D eigenvalue weighted by Gasteiger charge is 2.15. The van der Waals surface area contributed by atoms with Gasteiger partial charge in [0.15, 0.2) is 16.6 Å². The highest BCUT2D eigenvalue weighted by molar-refractivity contribution is 7.13. The average Bonchev–Trinajstić information content (AvgIpc) is 2.89. The first kappa shape index (κ1) is 14.6. The van der Waals surface area contributed by atoms with E-state index < -0.39 is 0 Å². The third-order valence-corrected chi connectivity index (χ3v) is 3.96. The first-order chi connectivity index (χ1) is 10.7. The molecule has 2 N–H and O–H groups in total. The second-order valence-corrected chi connectivity index (χ2v) is 5.81. The Morgan fingerprint density at radius 1 is 1.32 bits per heavy atom. The zero-order valence-electron chi connectivity index (χ0n) is 12.2. The maximum atomic E-state index is 11.9. The van der Waals surface area contributed by atoms with Crippen LogP contribution in [0.5, 0.6) is 11.5 Å². The van der Waals surface area contributed by atoms with E-state index in [1.807, 2.05) is 30.5 Å². The molecule has 116 valence electrons. The van der Waals surface area contributed by atoms with Crippen molar-refractivity contribution in [3.05, 3.63) is 35.3 Å². The summed E-state index contributed by atoms with van der Waals surface area (Å²) in [6.45, 7) is 3.22. The fraction of sp³-hybridized carbons (Fsp3) is 0.333. The summed E-state index contributed by atoms with van der Waals surface area (Å²) in [5.74, 6) is 1.48. The van der Waals surface area contributed by atoms with Crippen molar-refractivity contribution in [3.8, 4) is 11.5 Å². The Kier molecular flexibility index (Phi) is 4.43. The predicted molar refractivity (Wildman–Crippen MR) is 84.7 cm³/mol. The van der Waals surface area contributed by atoms with E-state index in [9.17, 15) is 4.79 Å². The van der Waals surface area contributed by atoms with Gasteiger partial charge in [-0.15, -0.1) is 11.3 Å². The molecule has 7 heteroatoms. The molecule has 0 radical (unpaired) electrons. The molecule has 3 rings (SSSR count). The molecule has 1 atom stereocenters. The second kappa shape index (κ2) is 6.65. The topological polar surface area (TPSA) is 72.5 Å². The minimum atomic E-state index is -0.283. The summed E-state index contributed by atoms with van der Waals surface area (Å²) in [5, 5.41) is 7.95. The maximum absolute atomic E-state index is 11.9. The smallest absolute Gasteiger partial charge is 0.321 e. The van der Waals surface area contributed by atoms with Crippen LogP contribution in [-0.4, -0.2) is 24.2 Å². The Balaban J connectivity index is 1.65. The number of hydrogen-bond donors (Lipinski definition) is 2. The number of urea groups is 1. The summed E-state index contributed by atoms with van der Waals surface area (Å²) in [5.41, 5.74) is 0.957. The van der Waals surface area contributed by atoms with Crippen LogP contribution >= 0.6 is 11.3 Å². The van der Waals surface area contributed by atoms with Crippen molar-refractivity contribution in [1.29, 1.82) is 0 Å². The average molecular weight is 319 g/mol. The molecule has 0 fully saturated rings. The number of anilines is 1. The molecule has 22 heavy (non-hydrogen) atoms. The molecule has 1 aliphatic heterocycles. The molecule has 1 aliphatic rings. The summed E-state index contributed by atoms with van der Waals surface area (Å²) in [6.07, 6.45) is 2.52. The number of nitrogens with zero attached hydrogens (tertiary/aromatic N) is 1. The van der Waals surface area contributed by atoms with Gasteiger partial charge in [-0.3, -0.25) is 5.32 Å². The molecule has 0 saturated carbocycles. The van der Waals surface area contributed by atoms with Gasteiger partial charge < -0.3 is 14.8 Å². The zero-order valence-corrected chi connectivity index (χ0v) is 13.0. The molecule has 2 heterocycles. The van der Waals surface area contributed by atoms with E-state index >= 15 is 0 Å². The first-order valence-corrected chi connectivity index (χ1v) is 7.97. The molecular formula is C15H17N3O3S. The monoisotopic (exact) mass is 319 g/mol. The fourth-order valence-corrected chi connectivity index (χ4v) is 2.67. The normalized spacial score (nSPS) is 14.8. The number of amides is 2. The lowest BCUT2D eigenvalue weighted by Crippen LogP contribution is -2.31. The summed E-state index contributed by atoms with van der Waals surface area (Å²) in [7, 11) is 0. The Morgan fingerprint density at radius 2 is 2.14 bits per heavy atom. The van der Waals surface area contributed by atoms with E-state index in [-0.39, 0.29) is 12.1 Å². The molecule has 2 amide bonds. The quantitative estimate of drug-likeness (QED) is 0.911. The number of carbonyl (C=O) groups is 1. The highest BCUT2D eigenvalue weighted by Crippen LogP contribution is 2.32. The third-order valence-electron chi connectivity index (χ3n) is 3.27. The van der Waals surface area contributed by atoms with Crippen LogP contribution in [0.4, 0.5) is 9.93 Å². The van der Waals surface area contributed by atoms with Crippen molar-refractivity contribution in [3.63, 3.8) is 0 Å². The lowest BCUT2D eigenvalue weighted by atomic mass is 10.1. The molecule has 0 spiro atoms. The van der Waals surface area contributed by atoms with Gasteiger partial charge in [0.1, 0.15) is 0 Å². The first-order valence-electron chi connectivity index (χ1n) is 7.09. The number of ether oxygens (including phenoxy) is 2. The van der Waals surface area contributed by atoms with Crippen LogP contribution in [0.15, 0.2) is 29.8 Å². The number of fused-ring (bicyclic) bond motifs is 1. The van der Waals surface area contributed by atoms with Crippen LogP contribution in [0.1, 0.15) is 24.9 Å². The Hall–Kier alpha value is -2.28. The van der Waals surface area contributed by atoms with Crippen molar-refractivity contribution < 1.29 is 14.3 Å². The molecule has 2 aromatic rings. The predicted octanol–water partition coefficient (Wildman–Crippen LogP) is 3.19. The highest BCUT2D eigenvalue weighted by atomic mass is 32.1. The molecule has 1 aromatic heterocycles. The molecule has 1 aromatic carbocycles. The van der Waals surface area contributed by atoms with Crippen molar-refractivity contribution in [2.45, 2.75) is 19.4 Å². The van der Waals surface area contributed by atoms with E-state index in [0.29, 0.717) is 18.3 Å². The Bertz CT molecular complexity index is 645. The van der Waals surface area contributed by atoms with Gasteiger partial charge in [-0.1, -0.05) is 6.07 Å². The van der Waals surface area contributed by atoms with Crippen LogP contribution in [0.2, 0.25) is 0 Å². The minimum absolute atomic E-state index is 0.155. The van der Waals surface area contributed by atoms with Crippen LogP contribution in [0, 0.1) is 0 Å². The van der Waals surface area contributed by atoms with Gasteiger partial charge in [-0.2, -0.15) is 0 Å². The van der Waals surface area contributed by atoms with Crippen LogP contribution in [0.3, 0.4) is 0 Å². The van der Waals surface area contributed by atoms with Gasteiger partial charge in [0.2, 0.25) is 0 Å². The van der Waals surface area contributed by atoms with Gasteiger partial charge in [0.05, 0.1) is 19.3 Å². The van der Waals surface area contributed by atoms with E-state index in [1.165, 1.54) is 11.3 Å². The van der Waals surface area contributed by atoms with Crippen molar-refractivity contribution in [2.24, 2.45) is 0 Å². The number of thiazole rings is 1. The lowest BCUT2D eigenvalue weighted by Gasteiger charge is -2.16. The SMILES string of the molecule is CC(NC(=O)Nc1nccs1)c1ccc2c(c1)OCCCO2. The molecule has 0 bridgehead atoms. The largest absolute Gasteiger partial charge is 0.490 e. The van der Waals surface area contributed by atoms with E-state index in [2.05, 4.69) is 15.6 Å². The van der Waals surface area contributed by atoms with Crippen LogP contribution in [-0.2, 0) is 0 Å². The number of hydrogen-bond acceptors (Lipinski definition) is 5. The van der Waals surface area contributed by atoms with E-state index in [0.717, 1.165) is 23.5 Å². The maximum Gasteiger partial charge on any atom is 0.321 e. The van der Waals surface area contributed by atoms with Crippen molar-refractivity contribution >= 4 is 22.5 Å². The van der Waals surface area contributed by atoms with Gasteiger partial charge >= 0.3 is 6.03 Å². The minimum Gasteiger partial charge on any atom is -0.490 e. The van der Waals surface area contributed by atoms with Gasteiger partial charge in [0.25, 0.3) is 0 Å². The molecule has 6 nitrogen and oxygen atoms in total. The van der Waals surface area contributed by atoms with Crippen molar-refractivity contribution in [2.75, 3.05) is 18.5 Å². The number of carbonyl (C=O) groups excluding carboxylic acids is 1. The van der Waals surface area contributed by atoms with E-state index in [1.54, 1.807) is 6.20 Å². The van der Waals surface area contributed by atoms with Gasteiger partial charge in [0, 0.05) is 18.0 Å². The zero-order chi connectivity index (χ0) is 15.4. The standard InChI is InChI=1S/C15H17N3O3S/c1-10(17-14(19)18-15-16-5-8-22-15)11-3-4-12-13(9-11)21-7-2-6-20-12/h3-5,8-10H,2,6-7H2,1H3,(H2,16,17,18,19). The fourth-order valence-electron chi connectivity index (χ4n) is 2.15. The molecule has 0 saturated heterocycles. The number of rotatable bonds is 3. The summed E-state index contributed by atoms with van der Waals surface area (Å²) < 4.78 is 11.3. The van der Waals surface area contributed by atoms with Crippen LogP contribution < -0.4 is 20.1 Å². The van der Waals surface area contributed by atoms with E-state index in [4.69, 9.17) is 9.47 Å². The number of nitrogens with one attached hydrogen (secondary N) is 2. The van der Waals surface area contributed by atoms with Crippen molar-refractivity contribution in [1.82, 2.24) is 10.3 Å². The Labute approximate surface area is 132 Å². The van der Waals surface area contributed by atoms with Gasteiger partial charge in [-0.25, -0.2) is 9.78 Å². The third kappa shape index (κ3) is 3.48. The summed E-state index contributed by atoms with van der Waals surface area (Å²) in [4.78, 5) is 15.9. The Morgan fingerprint density at radius 3 is 2.91 bits per heavy atom.